The van der Waals surface area contributed by atoms with Gasteiger partial charge < -0.3 is 14.5 Å². The van der Waals surface area contributed by atoms with Gasteiger partial charge in [0.15, 0.2) is 6.61 Å². The zero-order chi connectivity index (χ0) is 19.9. The van der Waals surface area contributed by atoms with Crippen molar-refractivity contribution >= 4 is 17.6 Å². The van der Waals surface area contributed by atoms with Crippen molar-refractivity contribution in [2.45, 2.75) is 6.42 Å². The number of nitrogens with one attached hydrogen (secondary N) is 1. The van der Waals surface area contributed by atoms with E-state index in [1.807, 2.05) is 6.07 Å². The molecular weight excluding hydrogens is 363 g/mol. The first-order valence-electron chi connectivity index (χ1n) is 8.34. The molecule has 0 aliphatic heterocycles. The summed E-state index contributed by atoms with van der Waals surface area (Å²) < 4.78 is 23.3. The molecule has 0 saturated heterocycles. The van der Waals surface area contributed by atoms with Crippen molar-refractivity contribution in [1.29, 1.82) is 5.26 Å². The van der Waals surface area contributed by atoms with E-state index in [0.29, 0.717) is 17.0 Å². The number of carbonyl (C=O) groups is 2. The third-order valence-corrected chi connectivity index (χ3v) is 3.79. The van der Waals surface area contributed by atoms with E-state index in [0.717, 1.165) is 5.56 Å². The van der Waals surface area contributed by atoms with Gasteiger partial charge in [0.05, 0.1) is 12.5 Å². The normalized spacial score (nSPS) is 10.1. The van der Waals surface area contributed by atoms with Gasteiger partial charge in [0.1, 0.15) is 11.6 Å². The number of hydrogen-bond donors (Lipinski definition) is 1. The third kappa shape index (κ3) is 4.83. The number of furan rings is 1. The molecule has 1 amide bonds. The van der Waals surface area contributed by atoms with E-state index in [1.165, 1.54) is 30.3 Å². The lowest BCUT2D eigenvalue weighted by molar-refractivity contribution is -0.119. The van der Waals surface area contributed by atoms with Crippen molar-refractivity contribution in [3.05, 3.63) is 77.8 Å². The molecule has 0 bridgehead atoms. The molecular formula is C21H15FN2O4. The van der Waals surface area contributed by atoms with Crippen LogP contribution in [0.3, 0.4) is 0 Å². The monoisotopic (exact) mass is 378 g/mol. The zero-order valence-corrected chi connectivity index (χ0v) is 14.6. The molecule has 1 aromatic heterocycles. The molecule has 0 fully saturated rings. The average Bonchev–Trinajstić information content (AvgIpc) is 3.19. The first-order chi connectivity index (χ1) is 13.5. The summed E-state index contributed by atoms with van der Waals surface area (Å²) in [6.07, 6.45) is 0.287. The van der Waals surface area contributed by atoms with Crippen molar-refractivity contribution in [2.75, 3.05) is 11.9 Å². The van der Waals surface area contributed by atoms with Gasteiger partial charge in [-0.25, -0.2) is 9.18 Å². The standard InChI is InChI=1S/C21H15FN2O4/c22-16-5-3-15(4-6-16)18-9-10-19(28-18)21(26)27-13-20(25)24-17-7-1-14(2-8-17)11-12-23/h1-10H,11,13H2,(H,24,25). The summed E-state index contributed by atoms with van der Waals surface area (Å²) in [5, 5.41) is 11.2. The maximum absolute atomic E-state index is 13.0. The second-order valence-corrected chi connectivity index (χ2v) is 5.83. The third-order valence-electron chi connectivity index (χ3n) is 3.79. The number of nitriles is 1. The highest BCUT2D eigenvalue weighted by Crippen LogP contribution is 2.22. The minimum Gasteiger partial charge on any atom is -0.450 e. The van der Waals surface area contributed by atoms with Crippen LogP contribution in [0.25, 0.3) is 11.3 Å². The molecule has 140 valence electrons. The SMILES string of the molecule is N#CCc1ccc(NC(=O)COC(=O)c2ccc(-c3ccc(F)cc3)o2)cc1. The Hall–Kier alpha value is -3.92. The highest BCUT2D eigenvalue weighted by Gasteiger charge is 2.15. The number of benzene rings is 2. The smallest absolute Gasteiger partial charge is 0.374 e. The minimum absolute atomic E-state index is 0.0621. The molecule has 1 N–H and O–H groups in total. The van der Waals surface area contributed by atoms with Gasteiger partial charge in [-0.1, -0.05) is 12.1 Å². The van der Waals surface area contributed by atoms with Crippen molar-refractivity contribution in [3.8, 4) is 17.4 Å². The van der Waals surface area contributed by atoms with E-state index < -0.39 is 18.5 Å². The summed E-state index contributed by atoms with van der Waals surface area (Å²) in [7, 11) is 0. The minimum atomic E-state index is -0.784. The Balaban J connectivity index is 1.53. The fourth-order valence-electron chi connectivity index (χ4n) is 2.41. The van der Waals surface area contributed by atoms with Crippen LogP contribution in [-0.4, -0.2) is 18.5 Å². The molecule has 3 aromatic rings. The molecule has 2 aromatic carbocycles. The molecule has 7 heteroatoms. The van der Waals surface area contributed by atoms with Gasteiger partial charge in [0.25, 0.3) is 5.91 Å². The van der Waals surface area contributed by atoms with Crippen molar-refractivity contribution < 1.29 is 23.1 Å². The molecule has 0 aliphatic rings. The van der Waals surface area contributed by atoms with Crippen molar-refractivity contribution in [1.82, 2.24) is 0 Å². The summed E-state index contributed by atoms with van der Waals surface area (Å²) >= 11 is 0. The van der Waals surface area contributed by atoms with Crippen LogP contribution in [0, 0.1) is 17.1 Å². The Bertz CT molecular complexity index is 1020. The molecule has 0 aliphatic carbocycles. The van der Waals surface area contributed by atoms with E-state index >= 15 is 0 Å². The zero-order valence-electron chi connectivity index (χ0n) is 14.6. The fraction of sp³-hybridized carbons (Fsp3) is 0.0952. The number of nitrogens with zero attached hydrogens (tertiary/aromatic N) is 1. The number of hydrogen-bond acceptors (Lipinski definition) is 5. The topological polar surface area (TPSA) is 92.3 Å². The number of ether oxygens (including phenoxy) is 1. The van der Waals surface area contributed by atoms with E-state index in [2.05, 4.69) is 5.32 Å². The number of halogens is 1. The lowest BCUT2D eigenvalue weighted by Gasteiger charge is -2.06. The van der Waals surface area contributed by atoms with Crippen LogP contribution < -0.4 is 5.32 Å². The molecule has 0 atom stereocenters. The number of anilines is 1. The molecule has 1 heterocycles. The molecule has 28 heavy (non-hydrogen) atoms. The highest BCUT2D eigenvalue weighted by atomic mass is 19.1. The Kier molecular flexibility index (Phi) is 5.82. The van der Waals surface area contributed by atoms with Gasteiger partial charge >= 0.3 is 5.97 Å². The first kappa shape index (κ1) is 18.9. The molecule has 0 spiro atoms. The lowest BCUT2D eigenvalue weighted by Crippen LogP contribution is -2.20. The van der Waals surface area contributed by atoms with Crippen LogP contribution in [-0.2, 0) is 16.0 Å². The fourth-order valence-corrected chi connectivity index (χ4v) is 2.41. The maximum atomic E-state index is 13.0. The van der Waals surface area contributed by atoms with Crippen LogP contribution in [0.1, 0.15) is 16.1 Å². The maximum Gasteiger partial charge on any atom is 0.374 e. The molecule has 0 saturated carbocycles. The molecule has 0 radical (unpaired) electrons. The van der Waals surface area contributed by atoms with E-state index in [-0.39, 0.29) is 18.0 Å². The van der Waals surface area contributed by atoms with Crippen LogP contribution in [0.2, 0.25) is 0 Å². The van der Waals surface area contributed by atoms with Gasteiger partial charge in [-0.2, -0.15) is 5.26 Å². The Morgan fingerprint density at radius 3 is 2.43 bits per heavy atom. The lowest BCUT2D eigenvalue weighted by atomic mass is 10.1. The van der Waals surface area contributed by atoms with Crippen LogP contribution in [0.5, 0.6) is 0 Å². The van der Waals surface area contributed by atoms with Gasteiger partial charge in [-0.3, -0.25) is 4.79 Å². The van der Waals surface area contributed by atoms with Gasteiger partial charge in [-0.15, -0.1) is 0 Å². The molecule has 0 unspecified atom stereocenters. The van der Waals surface area contributed by atoms with Crippen LogP contribution >= 0.6 is 0 Å². The summed E-state index contributed by atoms with van der Waals surface area (Å²) in [5.41, 5.74) is 1.97. The number of carbonyl (C=O) groups excluding carboxylic acids is 2. The number of amides is 1. The summed E-state index contributed by atoms with van der Waals surface area (Å²) in [6.45, 7) is -0.481. The number of esters is 1. The highest BCUT2D eigenvalue weighted by molar-refractivity contribution is 5.94. The first-order valence-corrected chi connectivity index (χ1v) is 8.34. The molecule has 6 nitrogen and oxygen atoms in total. The molecule has 3 rings (SSSR count). The summed E-state index contributed by atoms with van der Waals surface area (Å²) in [4.78, 5) is 23.9. The number of rotatable bonds is 6. The van der Waals surface area contributed by atoms with E-state index in [4.69, 9.17) is 14.4 Å². The predicted octanol–water partition coefficient (Wildman–Crippen LogP) is 3.95. The van der Waals surface area contributed by atoms with Crippen molar-refractivity contribution in [2.24, 2.45) is 0 Å². The van der Waals surface area contributed by atoms with Crippen LogP contribution in [0.15, 0.2) is 65.1 Å². The van der Waals surface area contributed by atoms with E-state index in [1.54, 1.807) is 30.3 Å². The largest absolute Gasteiger partial charge is 0.450 e. The average molecular weight is 378 g/mol. The second-order valence-electron chi connectivity index (χ2n) is 5.83. The Morgan fingerprint density at radius 1 is 1.04 bits per heavy atom. The summed E-state index contributed by atoms with van der Waals surface area (Å²) in [5.74, 6) is -1.35. The van der Waals surface area contributed by atoms with Crippen LogP contribution in [0.4, 0.5) is 10.1 Å². The quantitative estimate of drug-likeness (QED) is 0.656. The Labute approximate surface area is 160 Å². The van der Waals surface area contributed by atoms with Gasteiger partial charge in [-0.05, 0) is 54.1 Å². The van der Waals surface area contributed by atoms with Gasteiger partial charge in [0, 0.05) is 11.3 Å². The van der Waals surface area contributed by atoms with E-state index in [9.17, 15) is 14.0 Å². The van der Waals surface area contributed by atoms with Gasteiger partial charge in [0.2, 0.25) is 5.76 Å². The Morgan fingerprint density at radius 2 is 1.75 bits per heavy atom. The summed E-state index contributed by atoms with van der Waals surface area (Å²) in [6, 6.07) is 17.4. The predicted molar refractivity (Wildman–Crippen MR) is 98.8 cm³/mol. The second kappa shape index (κ2) is 8.64. The van der Waals surface area contributed by atoms with Crippen molar-refractivity contribution in [3.63, 3.8) is 0 Å².